The van der Waals surface area contributed by atoms with Crippen LogP contribution in [0.25, 0.3) is 0 Å². The molecule has 1 aromatic rings. The van der Waals surface area contributed by atoms with E-state index in [0.29, 0.717) is 11.4 Å². The summed E-state index contributed by atoms with van der Waals surface area (Å²) in [5.74, 6) is 0.460. The molecule has 0 atom stereocenters. The molecular formula is C11H15NO3. The third-order valence-electron chi connectivity index (χ3n) is 2.05. The number of rotatable bonds is 3. The molecule has 82 valence electrons. The highest BCUT2D eigenvalue weighted by Crippen LogP contribution is 2.24. The van der Waals surface area contributed by atoms with Crippen LogP contribution in [0.1, 0.15) is 35.9 Å². The molecule has 4 heteroatoms. The van der Waals surface area contributed by atoms with E-state index in [4.69, 9.17) is 4.74 Å². The number of pyridine rings is 1. The monoisotopic (exact) mass is 209 g/mol. The van der Waals surface area contributed by atoms with E-state index in [0.717, 1.165) is 5.69 Å². The molecule has 1 rings (SSSR count). The van der Waals surface area contributed by atoms with E-state index in [1.807, 2.05) is 13.8 Å². The van der Waals surface area contributed by atoms with Crippen molar-refractivity contribution in [1.29, 1.82) is 0 Å². The van der Waals surface area contributed by atoms with Crippen LogP contribution in [-0.4, -0.2) is 25.2 Å². The zero-order chi connectivity index (χ0) is 11.4. The maximum Gasteiger partial charge on any atom is 0.356 e. The molecule has 15 heavy (non-hydrogen) atoms. The Hall–Kier alpha value is -1.58. The Kier molecular flexibility index (Phi) is 3.66. The Morgan fingerprint density at radius 1 is 1.33 bits per heavy atom. The highest BCUT2D eigenvalue weighted by Gasteiger charge is 2.14. The van der Waals surface area contributed by atoms with Crippen LogP contribution in [0.3, 0.4) is 0 Å². The summed E-state index contributed by atoms with van der Waals surface area (Å²) in [4.78, 5) is 15.5. The van der Waals surface area contributed by atoms with Gasteiger partial charge in [0.05, 0.1) is 19.9 Å². The molecule has 4 nitrogen and oxygen atoms in total. The number of nitrogens with zero attached hydrogens (tertiary/aromatic N) is 1. The summed E-state index contributed by atoms with van der Waals surface area (Å²) < 4.78 is 9.76. The van der Waals surface area contributed by atoms with Crippen LogP contribution in [-0.2, 0) is 4.74 Å². The highest BCUT2D eigenvalue weighted by atomic mass is 16.5. The van der Waals surface area contributed by atoms with Crippen LogP contribution < -0.4 is 4.74 Å². The van der Waals surface area contributed by atoms with E-state index in [1.165, 1.54) is 7.11 Å². The molecule has 1 heterocycles. The molecule has 1 aromatic heterocycles. The second kappa shape index (κ2) is 4.77. The first-order valence-electron chi connectivity index (χ1n) is 4.73. The lowest BCUT2D eigenvalue weighted by Gasteiger charge is -2.11. The quantitative estimate of drug-likeness (QED) is 0.714. The van der Waals surface area contributed by atoms with Crippen LogP contribution >= 0.6 is 0 Å². The van der Waals surface area contributed by atoms with E-state index >= 15 is 0 Å². The number of hydrogen-bond donors (Lipinski definition) is 0. The number of methoxy groups -OCH3 is 2. The fourth-order valence-corrected chi connectivity index (χ4v) is 1.27. The van der Waals surface area contributed by atoms with Crippen molar-refractivity contribution in [2.45, 2.75) is 19.8 Å². The molecule has 0 radical (unpaired) electrons. The lowest BCUT2D eigenvalue weighted by atomic mass is 10.1. The summed E-state index contributed by atoms with van der Waals surface area (Å²) in [5.41, 5.74) is 1.07. The minimum absolute atomic E-state index is 0.199. The second-order valence-corrected chi connectivity index (χ2v) is 3.43. The zero-order valence-electron chi connectivity index (χ0n) is 9.40. The second-order valence-electron chi connectivity index (χ2n) is 3.43. The fraction of sp³-hybridized carbons (Fsp3) is 0.455. The minimum atomic E-state index is -0.431. The van der Waals surface area contributed by atoms with Crippen LogP contribution in [0.4, 0.5) is 0 Å². The maximum atomic E-state index is 11.3. The lowest BCUT2D eigenvalue weighted by molar-refractivity contribution is 0.0593. The third kappa shape index (κ3) is 2.46. The molecule has 0 aromatic carbocycles. The van der Waals surface area contributed by atoms with Gasteiger partial charge in [-0.15, -0.1) is 0 Å². The molecule has 0 unspecified atom stereocenters. The summed E-state index contributed by atoms with van der Waals surface area (Å²) in [6, 6.07) is 3.32. The van der Waals surface area contributed by atoms with E-state index in [9.17, 15) is 4.79 Å². The van der Waals surface area contributed by atoms with Crippen LogP contribution in [0.5, 0.6) is 5.75 Å². The number of esters is 1. The number of carbonyl (C=O) groups excluding carboxylic acids is 1. The Morgan fingerprint density at radius 2 is 2.00 bits per heavy atom. The van der Waals surface area contributed by atoms with E-state index in [-0.39, 0.29) is 5.92 Å². The molecule has 0 aliphatic rings. The number of carbonyl (C=O) groups is 1. The van der Waals surface area contributed by atoms with Gasteiger partial charge in [0, 0.05) is 0 Å². The zero-order valence-corrected chi connectivity index (χ0v) is 9.40. The average molecular weight is 209 g/mol. The van der Waals surface area contributed by atoms with Crippen molar-refractivity contribution in [2.24, 2.45) is 0 Å². The smallest absolute Gasteiger partial charge is 0.356 e. The van der Waals surface area contributed by atoms with Crippen molar-refractivity contribution < 1.29 is 14.3 Å². The lowest BCUT2D eigenvalue weighted by Crippen LogP contribution is -2.08. The molecule has 0 aliphatic heterocycles. The van der Waals surface area contributed by atoms with Crippen molar-refractivity contribution in [2.75, 3.05) is 14.2 Å². The van der Waals surface area contributed by atoms with Gasteiger partial charge in [-0.25, -0.2) is 9.78 Å². The summed E-state index contributed by atoms with van der Waals surface area (Å²) in [6.07, 6.45) is 0. The third-order valence-corrected chi connectivity index (χ3v) is 2.05. The fourth-order valence-electron chi connectivity index (χ4n) is 1.27. The first-order valence-corrected chi connectivity index (χ1v) is 4.73. The number of ether oxygens (including phenoxy) is 2. The predicted octanol–water partition coefficient (Wildman–Crippen LogP) is 2.00. The van der Waals surface area contributed by atoms with Crippen molar-refractivity contribution in [3.63, 3.8) is 0 Å². The van der Waals surface area contributed by atoms with Gasteiger partial charge in [0.25, 0.3) is 0 Å². The van der Waals surface area contributed by atoms with Crippen molar-refractivity contribution in [3.8, 4) is 5.75 Å². The predicted molar refractivity (Wildman–Crippen MR) is 56.2 cm³/mol. The van der Waals surface area contributed by atoms with Gasteiger partial charge in [-0.05, 0) is 18.1 Å². The molecule has 0 amide bonds. The highest BCUT2D eigenvalue weighted by molar-refractivity contribution is 5.87. The summed E-state index contributed by atoms with van der Waals surface area (Å²) in [7, 11) is 2.92. The molecule has 0 N–H and O–H groups in total. The van der Waals surface area contributed by atoms with Gasteiger partial charge in [-0.3, -0.25) is 0 Å². The average Bonchev–Trinajstić information content (AvgIpc) is 2.27. The van der Waals surface area contributed by atoms with Crippen molar-refractivity contribution in [3.05, 3.63) is 23.5 Å². The molecule has 0 aliphatic carbocycles. The normalized spacial score (nSPS) is 10.2. The van der Waals surface area contributed by atoms with Gasteiger partial charge in [0.1, 0.15) is 11.4 Å². The Labute approximate surface area is 89.2 Å². The maximum absolute atomic E-state index is 11.3. The van der Waals surface area contributed by atoms with Gasteiger partial charge in [0.15, 0.2) is 0 Å². The molecule has 0 bridgehead atoms. The summed E-state index contributed by atoms with van der Waals surface area (Å²) in [6.45, 7) is 3.98. The topological polar surface area (TPSA) is 48.4 Å². The van der Waals surface area contributed by atoms with Gasteiger partial charge in [-0.2, -0.15) is 0 Å². The SMILES string of the molecule is COC(=O)c1ccc(OC)c(C(C)C)n1. The summed E-state index contributed by atoms with van der Waals surface area (Å²) >= 11 is 0. The van der Waals surface area contributed by atoms with Crippen molar-refractivity contribution >= 4 is 5.97 Å². The van der Waals surface area contributed by atoms with E-state index in [2.05, 4.69) is 9.72 Å². The van der Waals surface area contributed by atoms with E-state index < -0.39 is 5.97 Å². The van der Waals surface area contributed by atoms with E-state index in [1.54, 1.807) is 19.2 Å². The van der Waals surface area contributed by atoms with Crippen molar-refractivity contribution in [1.82, 2.24) is 4.98 Å². The molecular weight excluding hydrogens is 194 g/mol. The van der Waals surface area contributed by atoms with Crippen LogP contribution in [0.15, 0.2) is 12.1 Å². The Morgan fingerprint density at radius 3 is 2.47 bits per heavy atom. The number of hydrogen-bond acceptors (Lipinski definition) is 4. The first-order chi connectivity index (χ1) is 7.10. The van der Waals surface area contributed by atoms with Gasteiger partial charge in [-0.1, -0.05) is 13.8 Å². The van der Waals surface area contributed by atoms with Crippen LogP contribution in [0, 0.1) is 0 Å². The molecule has 0 fully saturated rings. The summed E-state index contributed by atoms with van der Waals surface area (Å²) in [5, 5.41) is 0. The minimum Gasteiger partial charge on any atom is -0.495 e. The van der Waals surface area contributed by atoms with Crippen LogP contribution in [0.2, 0.25) is 0 Å². The standard InChI is InChI=1S/C11H15NO3/c1-7(2)10-9(14-3)6-5-8(12-10)11(13)15-4/h5-7H,1-4H3. The van der Waals surface area contributed by atoms with Gasteiger partial charge in [0.2, 0.25) is 0 Å². The first kappa shape index (κ1) is 11.5. The molecule has 0 spiro atoms. The number of aromatic nitrogens is 1. The Balaban J connectivity index is 3.16. The molecule has 0 saturated heterocycles. The van der Waals surface area contributed by atoms with Gasteiger partial charge >= 0.3 is 5.97 Å². The molecule has 0 saturated carbocycles. The van der Waals surface area contributed by atoms with Gasteiger partial charge < -0.3 is 9.47 Å². The Bertz CT molecular complexity index is 361. The largest absolute Gasteiger partial charge is 0.495 e.